The fraction of sp³-hybridized carbons (Fsp3) is 0.625. The van der Waals surface area contributed by atoms with Crippen LogP contribution in [0.3, 0.4) is 0 Å². The first kappa shape index (κ1) is 16.4. The molecule has 1 unspecified atom stereocenters. The Balaban J connectivity index is 2.04. The van der Waals surface area contributed by atoms with Gasteiger partial charge >= 0.3 is 0 Å². The summed E-state index contributed by atoms with van der Waals surface area (Å²) < 4.78 is 11.2. The normalized spacial score (nSPS) is 15.6. The fourth-order valence-corrected chi connectivity index (χ4v) is 2.71. The van der Waals surface area contributed by atoms with Gasteiger partial charge in [-0.3, -0.25) is 0 Å². The second-order valence-electron chi connectivity index (χ2n) is 6.10. The number of nitrogens with one attached hydrogen (secondary N) is 1. The third-order valence-electron chi connectivity index (χ3n) is 3.59. The Morgan fingerprint density at radius 3 is 2.62 bits per heavy atom. The fourth-order valence-electron chi connectivity index (χ4n) is 2.42. The Morgan fingerprint density at radius 1 is 1.24 bits per heavy atom. The van der Waals surface area contributed by atoms with Crippen molar-refractivity contribution in [1.29, 1.82) is 0 Å². The highest BCUT2D eigenvalue weighted by Crippen LogP contribution is 2.38. The summed E-state index contributed by atoms with van der Waals surface area (Å²) in [5, 5.41) is 4.23. The van der Waals surface area contributed by atoms with Crippen LogP contribution in [0.4, 0.5) is 0 Å². The molecule has 1 heterocycles. The van der Waals surface area contributed by atoms with E-state index in [0.29, 0.717) is 35.9 Å². The zero-order valence-electron chi connectivity index (χ0n) is 13.3. The number of hydrogen-bond acceptors (Lipinski definition) is 4. The summed E-state index contributed by atoms with van der Waals surface area (Å²) in [6.07, 6.45) is 0. The van der Waals surface area contributed by atoms with Crippen molar-refractivity contribution in [2.75, 3.05) is 33.9 Å². The molecule has 2 rings (SSSR count). The third-order valence-corrected chi connectivity index (χ3v) is 3.87. The van der Waals surface area contributed by atoms with E-state index in [1.807, 2.05) is 12.1 Å². The van der Waals surface area contributed by atoms with Crippen LogP contribution in [0.5, 0.6) is 11.5 Å². The Kier molecular flexibility index (Phi) is 5.73. The van der Waals surface area contributed by atoms with Crippen LogP contribution in [0, 0.1) is 5.92 Å². The summed E-state index contributed by atoms with van der Waals surface area (Å²) in [5.74, 6) is 1.99. The van der Waals surface area contributed by atoms with Crippen LogP contribution in [0.15, 0.2) is 12.1 Å². The molecular weight excluding hydrogens is 288 g/mol. The third kappa shape index (κ3) is 4.50. The van der Waals surface area contributed by atoms with Crippen molar-refractivity contribution in [3.05, 3.63) is 22.7 Å². The van der Waals surface area contributed by atoms with Gasteiger partial charge < -0.3 is 19.7 Å². The molecule has 1 aromatic rings. The van der Waals surface area contributed by atoms with Gasteiger partial charge in [-0.05, 0) is 37.7 Å². The van der Waals surface area contributed by atoms with Crippen molar-refractivity contribution in [1.82, 2.24) is 10.2 Å². The molecule has 0 aromatic heterocycles. The number of fused-ring (bicyclic) bond motifs is 1. The van der Waals surface area contributed by atoms with Gasteiger partial charge in [-0.15, -0.1) is 0 Å². The van der Waals surface area contributed by atoms with Crippen LogP contribution in [0.25, 0.3) is 0 Å². The topological polar surface area (TPSA) is 33.7 Å². The molecule has 5 heteroatoms. The van der Waals surface area contributed by atoms with E-state index >= 15 is 0 Å². The van der Waals surface area contributed by atoms with Crippen molar-refractivity contribution >= 4 is 11.6 Å². The Morgan fingerprint density at radius 2 is 1.95 bits per heavy atom. The minimum atomic E-state index is 0.437. The van der Waals surface area contributed by atoms with Crippen LogP contribution < -0.4 is 14.8 Å². The van der Waals surface area contributed by atoms with Gasteiger partial charge in [-0.25, -0.2) is 0 Å². The second kappa shape index (κ2) is 7.34. The van der Waals surface area contributed by atoms with Crippen molar-refractivity contribution in [3.8, 4) is 11.5 Å². The molecule has 1 aliphatic rings. The lowest BCUT2D eigenvalue weighted by Crippen LogP contribution is -2.41. The summed E-state index contributed by atoms with van der Waals surface area (Å²) in [4.78, 5) is 2.20. The average molecular weight is 313 g/mol. The molecule has 4 nitrogen and oxygen atoms in total. The molecule has 0 spiro atoms. The predicted molar refractivity (Wildman–Crippen MR) is 86.5 cm³/mol. The molecule has 0 bridgehead atoms. The number of nitrogens with zero attached hydrogens (tertiary/aromatic N) is 1. The van der Waals surface area contributed by atoms with Gasteiger partial charge in [0.05, 0.1) is 5.02 Å². The molecule has 0 radical (unpaired) electrons. The van der Waals surface area contributed by atoms with Crippen molar-refractivity contribution < 1.29 is 9.47 Å². The first-order valence-electron chi connectivity index (χ1n) is 7.43. The van der Waals surface area contributed by atoms with Crippen molar-refractivity contribution in [2.45, 2.75) is 26.4 Å². The molecule has 1 aliphatic heterocycles. The maximum absolute atomic E-state index is 6.27. The molecule has 0 fully saturated rings. The van der Waals surface area contributed by atoms with E-state index in [9.17, 15) is 0 Å². The number of ether oxygens (including phenoxy) is 2. The van der Waals surface area contributed by atoms with Gasteiger partial charge in [0.15, 0.2) is 11.5 Å². The predicted octanol–water partition coefficient (Wildman–Crippen LogP) is 2.79. The monoisotopic (exact) mass is 312 g/mol. The zero-order chi connectivity index (χ0) is 15.4. The van der Waals surface area contributed by atoms with Gasteiger partial charge in [-0.1, -0.05) is 25.4 Å². The molecule has 1 N–H and O–H groups in total. The molecular formula is C16H25ClN2O2. The largest absolute Gasteiger partial charge is 0.486 e. The Bertz CT molecular complexity index is 478. The molecule has 0 saturated carbocycles. The van der Waals surface area contributed by atoms with Crippen molar-refractivity contribution in [3.63, 3.8) is 0 Å². The van der Waals surface area contributed by atoms with E-state index in [0.717, 1.165) is 24.4 Å². The summed E-state index contributed by atoms with van der Waals surface area (Å²) in [6.45, 7) is 7.39. The van der Waals surface area contributed by atoms with Gasteiger partial charge in [0.1, 0.15) is 13.2 Å². The number of hydrogen-bond donors (Lipinski definition) is 1. The minimum Gasteiger partial charge on any atom is -0.486 e. The molecule has 0 saturated heterocycles. The highest BCUT2D eigenvalue weighted by atomic mass is 35.5. The zero-order valence-corrected chi connectivity index (χ0v) is 14.0. The van der Waals surface area contributed by atoms with Crippen LogP contribution in [0.2, 0.25) is 5.02 Å². The first-order valence-corrected chi connectivity index (χ1v) is 7.81. The standard InChI is InChI=1S/C16H25ClN2O2/c1-11(2)14(10-19(3)4)18-9-12-7-13(17)16-15(8-12)20-5-6-21-16/h7-8,11,14,18H,5-6,9-10H2,1-4H3. The first-order chi connectivity index (χ1) is 9.97. The summed E-state index contributed by atoms with van der Waals surface area (Å²) in [5.41, 5.74) is 1.12. The van der Waals surface area contributed by atoms with Gasteiger partial charge in [0.2, 0.25) is 0 Å². The number of likely N-dealkylation sites (N-methyl/N-ethyl adjacent to an activating group) is 1. The maximum atomic E-state index is 6.27. The molecule has 1 atom stereocenters. The van der Waals surface area contributed by atoms with E-state index in [-0.39, 0.29) is 0 Å². The van der Waals surface area contributed by atoms with E-state index in [2.05, 4.69) is 38.2 Å². The molecule has 0 amide bonds. The van der Waals surface area contributed by atoms with Crippen LogP contribution in [-0.2, 0) is 6.54 Å². The van der Waals surface area contributed by atoms with E-state index in [4.69, 9.17) is 21.1 Å². The molecule has 21 heavy (non-hydrogen) atoms. The van der Waals surface area contributed by atoms with Crippen LogP contribution in [-0.4, -0.2) is 44.8 Å². The highest BCUT2D eigenvalue weighted by molar-refractivity contribution is 6.32. The lowest BCUT2D eigenvalue weighted by molar-refractivity contribution is 0.171. The Hall–Kier alpha value is -0.970. The summed E-state index contributed by atoms with van der Waals surface area (Å²) in [6, 6.07) is 4.40. The Labute approximate surface area is 132 Å². The molecule has 118 valence electrons. The van der Waals surface area contributed by atoms with Crippen molar-refractivity contribution in [2.24, 2.45) is 5.92 Å². The average Bonchev–Trinajstić information content (AvgIpc) is 2.43. The summed E-state index contributed by atoms with van der Waals surface area (Å²) in [7, 11) is 4.19. The lowest BCUT2D eigenvalue weighted by atomic mass is 10.0. The SMILES string of the molecule is CC(C)C(CN(C)C)NCc1cc(Cl)c2c(c1)OCCO2. The van der Waals surface area contributed by atoms with Crippen LogP contribution in [0.1, 0.15) is 19.4 Å². The van der Waals surface area contributed by atoms with Gasteiger partial charge in [-0.2, -0.15) is 0 Å². The van der Waals surface area contributed by atoms with E-state index in [1.54, 1.807) is 0 Å². The van der Waals surface area contributed by atoms with E-state index in [1.165, 1.54) is 0 Å². The number of benzene rings is 1. The quantitative estimate of drug-likeness (QED) is 0.876. The number of halogens is 1. The number of rotatable bonds is 6. The lowest BCUT2D eigenvalue weighted by Gasteiger charge is -2.26. The van der Waals surface area contributed by atoms with Crippen LogP contribution >= 0.6 is 11.6 Å². The minimum absolute atomic E-state index is 0.437. The highest BCUT2D eigenvalue weighted by Gasteiger charge is 2.18. The second-order valence-corrected chi connectivity index (χ2v) is 6.50. The maximum Gasteiger partial charge on any atom is 0.179 e. The van der Waals surface area contributed by atoms with Gasteiger partial charge in [0.25, 0.3) is 0 Å². The molecule has 1 aromatic carbocycles. The van der Waals surface area contributed by atoms with E-state index < -0.39 is 0 Å². The summed E-state index contributed by atoms with van der Waals surface area (Å²) >= 11 is 6.27. The van der Waals surface area contributed by atoms with Gasteiger partial charge in [0, 0.05) is 19.1 Å². The molecule has 0 aliphatic carbocycles. The smallest absolute Gasteiger partial charge is 0.179 e.